The van der Waals surface area contributed by atoms with Crippen LogP contribution in [-0.4, -0.2) is 52.4 Å². The molecule has 25 heavy (non-hydrogen) atoms. The zero-order valence-electron chi connectivity index (χ0n) is 14.9. The van der Waals surface area contributed by atoms with Crippen LogP contribution in [0.5, 0.6) is 0 Å². The summed E-state index contributed by atoms with van der Waals surface area (Å²) in [4.78, 5) is 36.5. The fourth-order valence-electron chi connectivity index (χ4n) is 3.37. The molecule has 0 aliphatic carbocycles. The van der Waals surface area contributed by atoms with Gasteiger partial charge in [-0.3, -0.25) is 9.59 Å². The fourth-order valence-corrected chi connectivity index (χ4v) is 4.23. The van der Waals surface area contributed by atoms with Crippen molar-refractivity contribution < 1.29 is 4.79 Å². The van der Waals surface area contributed by atoms with Crippen molar-refractivity contribution in [1.29, 1.82) is 0 Å². The molecular formula is C18H24N4O2S. The number of carbonyl (C=O) groups is 1. The van der Waals surface area contributed by atoms with Gasteiger partial charge in [-0.05, 0) is 39.3 Å². The quantitative estimate of drug-likeness (QED) is 0.886. The molecule has 0 saturated carbocycles. The van der Waals surface area contributed by atoms with Gasteiger partial charge in [0.05, 0.1) is 16.8 Å². The summed E-state index contributed by atoms with van der Waals surface area (Å²) in [5.41, 5.74) is 4.05. The van der Waals surface area contributed by atoms with Gasteiger partial charge in [-0.15, -0.1) is 11.3 Å². The van der Waals surface area contributed by atoms with Gasteiger partial charge in [0.2, 0.25) is 5.56 Å². The molecule has 0 radical (unpaired) electrons. The van der Waals surface area contributed by atoms with Crippen molar-refractivity contribution in [3.63, 3.8) is 0 Å². The van der Waals surface area contributed by atoms with Crippen molar-refractivity contribution in [2.24, 2.45) is 5.92 Å². The van der Waals surface area contributed by atoms with Crippen LogP contribution in [0.2, 0.25) is 0 Å². The number of nitrogens with zero attached hydrogens (tertiary/aromatic N) is 3. The van der Waals surface area contributed by atoms with E-state index in [1.807, 2.05) is 17.3 Å². The SMILES string of the molecule is Cc1ncsc1CN(C)C[C@@H]1CCN(C(=O)c2ccc(=O)[nH]c2C)C1. The van der Waals surface area contributed by atoms with Crippen LogP contribution < -0.4 is 5.56 Å². The van der Waals surface area contributed by atoms with E-state index in [0.29, 0.717) is 17.2 Å². The highest BCUT2D eigenvalue weighted by atomic mass is 32.1. The van der Waals surface area contributed by atoms with Crippen molar-refractivity contribution >= 4 is 17.2 Å². The summed E-state index contributed by atoms with van der Waals surface area (Å²) in [6, 6.07) is 3.04. The van der Waals surface area contributed by atoms with Crippen LogP contribution in [0, 0.1) is 19.8 Å². The molecule has 3 rings (SSSR count). The van der Waals surface area contributed by atoms with Crippen molar-refractivity contribution in [2.45, 2.75) is 26.8 Å². The van der Waals surface area contributed by atoms with Gasteiger partial charge < -0.3 is 14.8 Å². The number of H-pyrrole nitrogens is 1. The molecule has 3 heterocycles. The van der Waals surface area contributed by atoms with Crippen LogP contribution in [-0.2, 0) is 6.54 Å². The largest absolute Gasteiger partial charge is 0.338 e. The number of aromatic amines is 1. The molecule has 2 aromatic rings. The lowest BCUT2D eigenvalue weighted by atomic mass is 10.1. The van der Waals surface area contributed by atoms with E-state index in [2.05, 4.69) is 21.9 Å². The molecule has 1 saturated heterocycles. The van der Waals surface area contributed by atoms with E-state index in [0.717, 1.165) is 38.3 Å². The van der Waals surface area contributed by atoms with Gasteiger partial charge in [-0.25, -0.2) is 4.98 Å². The molecule has 1 atom stereocenters. The smallest absolute Gasteiger partial charge is 0.255 e. The molecular weight excluding hydrogens is 336 g/mol. The summed E-state index contributed by atoms with van der Waals surface area (Å²) >= 11 is 1.69. The Hall–Kier alpha value is -1.99. The van der Waals surface area contributed by atoms with E-state index in [4.69, 9.17) is 0 Å². The first-order valence-corrected chi connectivity index (χ1v) is 9.38. The Bertz CT molecular complexity index is 813. The molecule has 7 heteroatoms. The Labute approximate surface area is 151 Å². The minimum absolute atomic E-state index is 0.0113. The predicted molar refractivity (Wildman–Crippen MR) is 99.0 cm³/mol. The topological polar surface area (TPSA) is 69.3 Å². The van der Waals surface area contributed by atoms with Crippen molar-refractivity contribution in [2.75, 3.05) is 26.7 Å². The average molecular weight is 360 g/mol. The number of pyridine rings is 1. The second-order valence-electron chi connectivity index (χ2n) is 6.82. The molecule has 0 spiro atoms. The third kappa shape index (κ3) is 4.16. The molecule has 1 N–H and O–H groups in total. The number of aromatic nitrogens is 2. The number of amides is 1. The lowest BCUT2D eigenvalue weighted by Gasteiger charge is -2.21. The Morgan fingerprint density at radius 1 is 1.44 bits per heavy atom. The van der Waals surface area contributed by atoms with Crippen molar-refractivity contribution in [1.82, 2.24) is 19.8 Å². The molecule has 6 nitrogen and oxygen atoms in total. The van der Waals surface area contributed by atoms with E-state index in [9.17, 15) is 9.59 Å². The Kier molecular flexibility index (Phi) is 5.34. The lowest BCUT2D eigenvalue weighted by molar-refractivity contribution is 0.0783. The van der Waals surface area contributed by atoms with Crippen LogP contribution in [0.4, 0.5) is 0 Å². The number of rotatable bonds is 5. The number of hydrogen-bond acceptors (Lipinski definition) is 5. The van der Waals surface area contributed by atoms with E-state index in [1.54, 1.807) is 24.3 Å². The van der Waals surface area contributed by atoms with Gasteiger partial charge in [0.1, 0.15) is 0 Å². The summed E-state index contributed by atoms with van der Waals surface area (Å²) < 4.78 is 0. The maximum Gasteiger partial charge on any atom is 0.255 e. The fraction of sp³-hybridized carbons (Fsp3) is 0.500. The number of hydrogen-bond donors (Lipinski definition) is 1. The number of likely N-dealkylation sites (tertiary alicyclic amines) is 1. The van der Waals surface area contributed by atoms with E-state index in [-0.39, 0.29) is 11.5 Å². The van der Waals surface area contributed by atoms with Gasteiger partial charge in [0.15, 0.2) is 0 Å². The maximum absolute atomic E-state index is 12.7. The van der Waals surface area contributed by atoms with E-state index >= 15 is 0 Å². The Balaban J connectivity index is 1.57. The summed E-state index contributed by atoms with van der Waals surface area (Å²) in [6.45, 7) is 7.22. The summed E-state index contributed by atoms with van der Waals surface area (Å²) in [7, 11) is 2.12. The minimum atomic E-state index is -0.173. The van der Waals surface area contributed by atoms with Crippen LogP contribution in [0.3, 0.4) is 0 Å². The molecule has 0 aromatic carbocycles. The second-order valence-corrected chi connectivity index (χ2v) is 7.76. The molecule has 1 aliphatic rings. The van der Waals surface area contributed by atoms with Crippen LogP contribution in [0.1, 0.15) is 33.0 Å². The average Bonchev–Trinajstić information content (AvgIpc) is 3.16. The lowest BCUT2D eigenvalue weighted by Crippen LogP contribution is -2.32. The first-order chi connectivity index (χ1) is 11.9. The van der Waals surface area contributed by atoms with E-state index in [1.165, 1.54) is 10.9 Å². The second kappa shape index (κ2) is 7.49. The Morgan fingerprint density at radius 2 is 2.24 bits per heavy atom. The van der Waals surface area contributed by atoms with Crippen LogP contribution >= 0.6 is 11.3 Å². The first-order valence-electron chi connectivity index (χ1n) is 8.50. The third-order valence-electron chi connectivity index (χ3n) is 4.75. The predicted octanol–water partition coefficient (Wildman–Crippen LogP) is 2.04. The molecule has 2 aromatic heterocycles. The minimum Gasteiger partial charge on any atom is -0.338 e. The van der Waals surface area contributed by atoms with Gasteiger partial charge >= 0.3 is 0 Å². The number of nitrogens with one attached hydrogen (secondary N) is 1. The summed E-state index contributed by atoms with van der Waals surface area (Å²) in [5, 5.41) is 0. The van der Waals surface area contributed by atoms with Gasteiger partial charge in [-0.1, -0.05) is 0 Å². The normalized spacial score (nSPS) is 17.4. The zero-order chi connectivity index (χ0) is 18.0. The van der Waals surface area contributed by atoms with Crippen molar-refractivity contribution in [3.8, 4) is 0 Å². The van der Waals surface area contributed by atoms with Gasteiger partial charge in [0.25, 0.3) is 5.91 Å². The monoisotopic (exact) mass is 360 g/mol. The van der Waals surface area contributed by atoms with Crippen LogP contribution in [0.25, 0.3) is 0 Å². The standard InChI is InChI=1S/C18H24N4O2S/c1-12-15(4-5-17(23)20-12)18(24)22-7-6-14(9-22)8-21(3)10-16-13(2)19-11-25-16/h4-5,11,14H,6-10H2,1-3H3,(H,20,23)/t14-/m0/s1. The maximum atomic E-state index is 12.7. The molecule has 1 fully saturated rings. The summed E-state index contributed by atoms with van der Waals surface area (Å²) in [5.74, 6) is 0.488. The highest BCUT2D eigenvalue weighted by Gasteiger charge is 2.28. The summed E-state index contributed by atoms with van der Waals surface area (Å²) in [6.07, 6.45) is 1.01. The molecule has 1 aliphatic heterocycles. The molecule has 0 bridgehead atoms. The van der Waals surface area contributed by atoms with Gasteiger partial charge in [-0.2, -0.15) is 0 Å². The molecule has 134 valence electrons. The first kappa shape index (κ1) is 17.8. The Morgan fingerprint density at radius 3 is 2.92 bits per heavy atom. The van der Waals surface area contributed by atoms with Gasteiger partial charge in [0, 0.05) is 42.8 Å². The number of carbonyl (C=O) groups excluding carboxylic acids is 1. The third-order valence-corrected chi connectivity index (χ3v) is 5.67. The zero-order valence-corrected chi connectivity index (χ0v) is 15.7. The van der Waals surface area contributed by atoms with Crippen LogP contribution in [0.15, 0.2) is 22.4 Å². The number of aryl methyl sites for hydroxylation is 2. The number of thiazole rings is 1. The molecule has 1 amide bonds. The molecule has 0 unspecified atom stereocenters. The van der Waals surface area contributed by atoms with Crippen molar-refractivity contribution in [3.05, 3.63) is 49.8 Å². The highest BCUT2D eigenvalue weighted by Crippen LogP contribution is 2.21. The highest BCUT2D eigenvalue weighted by molar-refractivity contribution is 7.09. The van der Waals surface area contributed by atoms with E-state index < -0.39 is 0 Å².